The van der Waals surface area contributed by atoms with Gasteiger partial charge in [0.25, 0.3) is 5.91 Å². The predicted molar refractivity (Wildman–Crippen MR) is 91.8 cm³/mol. The summed E-state index contributed by atoms with van der Waals surface area (Å²) in [4.78, 5) is 16.2. The fraction of sp³-hybridized carbons (Fsp3) is 0.389. The van der Waals surface area contributed by atoms with Crippen molar-refractivity contribution in [3.8, 4) is 17.1 Å². The molecule has 0 radical (unpaired) electrons. The molecular weight excluding hydrogens is 323 g/mol. The number of aromatic nitrogens is 3. The van der Waals surface area contributed by atoms with Crippen LogP contribution in [0, 0.1) is 5.82 Å². The number of ether oxygens (including phenoxy) is 1. The summed E-state index contributed by atoms with van der Waals surface area (Å²) in [5.41, 5.74) is 2.10. The molecule has 1 aliphatic carbocycles. The number of pyridine rings is 1. The number of aromatic amines is 1. The zero-order valence-electron chi connectivity index (χ0n) is 14.1. The summed E-state index contributed by atoms with van der Waals surface area (Å²) in [6, 6.07) is 3.10. The standard InChI is InChI=1S/C18H21FN4O2/c1-11-4-3-5-12(7-6-11)21-18(24)16-9-15(22-23-16)13-8-17(25-2)20-10-14(13)19/h8-10,12H,1,3-7H2,2H3,(H,21,24)(H,22,23)/t12-/m1/s1. The molecule has 2 aromatic heterocycles. The number of carbonyl (C=O) groups excluding carboxylic acids is 1. The van der Waals surface area contributed by atoms with Crippen LogP contribution < -0.4 is 10.1 Å². The van der Waals surface area contributed by atoms with Crippen LogP contribution in [-0.4, -0.2) is 34.2 Å². The third-order valence-electron chi connectivity index (χ3n) is 4.40. The van der Waals surface area contributed by atoms with E-state index in [1.54, 1.807) is 0 Å². The molecule has 2 N–H and O–H groups in total. The molecule has 1 fully saturated rings. The van der Waals surface area contributed by atoms with E-state index in [0.717, 1.165) is 38.3 Å². The molecule has 132 valence electrons. The van der Waals surface area contributed by atoms with E-state index < -0.39 is 5.82 Å². The lowest BCUT2D eigenvalue weighted by Gasteiger charge is -2.15. The molecule has 25 heavy (non-hydrogen) atoms. The number of nitrogens with one attached hydrogen (secondary N) is 2. The van der Waals surface area contributed by atoms with Crippen molar-refractivity contribution in [3.05, 3.63) is 42.0 Å². The lowest BCUT2D eigenvalue weighted by Crippen LogP contribution is -2.34. The molecule has 0 aliphatic heterocycles. The van der Waals surface area contributed by atoms with Crippen LogP contribution in [-0.2, 0) is 0 Å². The lowest BCUT2D eigenvalue weighted by atomic mass is 10.1. The minimum atomic E-state index is -0.526. The van der Waals surface area contributed by atoms with Crippen LogP contribution >= 0.6 is 0 Å². The highest BCUT2D eigenvalue weighted by molar-refractivity contribution is 5.93. The number of carbonyl (C=O) groups is 1. The number of hydrogen-bond donors (Lipinski definition) is 2. The number of nitrogens with zero attached hydrogens (tertiary/aromatic N) is 2. The predicted octanol–water partition coefficient (Wildman–Crippen LogP) is 3.24. The summed E-state index contributed by atoms with van der Waals surface area (Å²) < 4.78 is 19.0. The van der Waals surface area contributed by atoms with Gasteiger partial charge in [-0.25, -0.2) is 9.37 Å². The first-order valence-electron chi connectivity index (χ1n) is 8.29. The van der Waals surface area contributed by atoms with Crippen molar-refractivity contribution >= 4 is 5.91 Å². The molecule has 0 spiro atoms. The van der Waals surface area contributed by atoms with E-state index in [1.807, 2.05) is 0 Å². The van der Waals surface area contributed by atoms with Crippen molar-refractivity contribution in [3.63, 3.8) is 0 Å². The second-order valence-corrected chi connectivity index (χ2v) is 6.22. The minimum absolute atomic E-state index is 0.122. The summed E-state index contributed by atoms with van der Waals surface area (Å²) in [5, 5.41) is 9.73. The van der Waals surface area contributed by atoms with Crippen molar-refractivity contribution in [1.29, 1.82) is 0 Å². The van der Waals surface area contributed by atoms with Gasteiger partial charge in [-0.05, 0) is 38.2 Å². The van der Waals surface area contributed by atoms with Crippen LogP contribution in [0.1, 0.15) is 42.6 Å². The zero-order chi connectivity index (χ0) is 17.8. The molecule has 1 saturated carbocycles. The number of amides is 1. The van der Waals surface area contributed by atoms with E-state index in [1.165, 1.54) is 24.8 Å². The van der Waals surface area contributed by atoms with Gasteiger partial charge in [0.15, 0.2) is 5.82 Å². The summed E-state index contributed by atoms with van der Waals surface area (Å²) in [5.74, 6) is -0.483. The largest absolute Gasteiger partial charge is 0.481 e. The molecule has 0 bridgehead atoms. The van der Waals surface area contributed by atoms with Crippen molar-refractivity contribution in [1.82, 2.24) is 20.5 Å². The second-order valence-electron chi connectivity index (χ2n) is 6.22. The first-order chi connectivity index (χ1) is 12.1. The number of allylic oxidation sites excluding steroid dienone is 1. The van der Waals surface area contributed by atoms with E-state index in [-0.39, 0.29) is 23.4 Å². The van der Waals surface area contributed by atoms with Gasteiger partial charge in [-0.1, -0.05) is 12.2 Å². The Morgan fingerprint density at radius 2 is 2.24 bits per heavy atom. The van der Waals surface area contributed by atoms with E-state index in [4.69, 9.17) is 4.74 Å². The normalized spacial score (nSPS) is 17.8. The molecule has 1 aliphatic rings. The molecule has 1 atom stereocenters. The molecule has 0 saturated heterocycles. The molecule has 1 amide bonds. The molecular formula is C18H21FN4O2. The average molecular weight is 344 g/mol. The van der Waals surface area contributed by atoms with Gasteiger partial charge in [-0.3, -0.25) is 9.89 Å². The maximum absolute atomic E-state index is 14.0. The van der Waals surface area contributed by atoms with Crippen LogP contribution in [0.15, 0.2) is 30.5 Å². The Morgan fingerprint density at radius 3 is 3.04 bits per heavy atom. The molecule has 0 aromatic carbocycles. The first kappa shape index (κ1) is 17.1. The zero-order valence-corrected chi connectivity index (χ0v) is 14.1. The van der Waals surface area contributed by atoms with Gasteiger partial charge in [0, 0.05) is 17.7 Å². The Labute approximate surface area is 145 Å². The quantitative estimate of drug-likeness (QED) is 0.659. The number of hydrogen-bond acceptors (Lipinski definition) is 4. The van der Waals surface area contributed by atoms with Gasteiger partial charge >= 0.3 is 0 Å². The van der Waals surface area contributed by atoms with Gasteiger partial charge in [0.05, 0.1) is 19.0 Å². The first-order valence-corrected chi connectivity index (χ1v) is 8.29. The highest BCUT2D eigenvalue weighted by atomic mass is 19.1. The third kappa shape index (κ3) is 4.04. The lowest BCUT2D eigenvalue weighted by molar-refractivity contribution is 0.0928. The minimum Gasteiger partial charge on any atom is -0.481 e. The van der Waals surface area contributed by atoms with Gasteiger partial charge in [0.1, 0.15) is 5.69 Å². The van der Waals surface area contributed by atoms with E-state index >= 15 is 0 Å². The highest BCUT2D eigenvalue weighted by Gasteiger charge is 2.19. The van der Waals surface area contributed by atoms with Crippen LogP contribution in [0.25, 0.3) is 11.3 Å². The van der Waals surface area contributed by atoms with E-state index in [2.05, 4.69) is 27.1 Å². The molecule has 2 heterocycles. The van der Waals surface area contributed by atoms with Crippen molar-refractivity contribution < 1.29 is 13.9 Å². The molecule has 6 nitrogen and oxygen atoms in total. The maximum atomic E-state index is 14.0. The molecule has 3 rings (SSSR count). The van der Waals surface area contributed by atoms with Gasteiger partial charge < -0.3 is 10.1 Å². The van der Waals surface area contributed by atoms with Crippen LogP contribution in [0.3, 0.4) is 0 Å². The average Bonchev–Trinajstić information content (AvgIpc) is 3.01. The van der Waals surface area contributed by atoms with Crippen LogP contribution in [0.4, 0.5) is 4.39 Å². The Bertz CT molecular complexity index is 787. The van der Waals surface area contributed by atoms with Gasteiger partial charge in [-0.15, -0.1) is 0 Å². The van der Waals surface area contributed by atoms with Crippen molar-refractivity contribution in [2.24, 2.45) is 0 Å². The summed E-state index contributed by atoms with van der Waals surface area (Å²) in [6.07, 6.45) is 5.87. The Hall–Kier alpha value is -2.70. The number of H-pyrrole nitrogens is 1. The molecule has 7 heteroatoms. The summed E-state index contributed by atoms with van der Waals surface area (Å²) >= 11 is 0. The summed E-state index contributed by atoms with van der Waals surface area (Å²) in [7, 11) is 1.45. The van der Waals surface area contributed by atoms with Crippen molar-refractivity contribution in [2.45, 2.75) is 38.1 Å². The Kier molecular flexibility index (Phi) is 5.11. The maximum Gasteiger partial charge on any atom is 0.269 e. The van der Waals surface area contributed by atoms with Crippen LogP contribution in [0.2, 0.25) is 0 Å². The number of methoxy groups -OCH3 is 1. The Morgan fingerprint density at radius 1 is 1.40 bits per heavy atom. The van der Waals surface area contributed by atoms with Crippen LogP contribution in [0.5, 0.6) is 5.88 Å². The second kappa shape index (κ2) is 7.46. The molecule has 2 aromatic rings. The van der Waals surface area contributed by atoms with Crippen molar-refractivity contribution in [2.75, 3.05) is 7.11 Å². The van der Waals surface area contributed by atoms with Gasteiger partial charge in [0.2, 0.25) is 5.88 Å². The van der Waals surface area contributed by atoms with E-state index in [0.29, 0.717) is 11.4 Å². The number of halogens is 1. The highest BCUT2D eigenvalue weighted by Crippen LogP contribution is 2.25. The SMILES string of the molecule is C=C1CCC[C@@H](NC(=O)c2cc(-c3cc(OC)ncc3F)n[nH]2)CC1. The molecule has 0 unspecified atom stereocenters. The third-order valence-corrected chi connectivity index (χ3v) is 4.40. The summed E-state index contributed by atoms with van der Waals surface area (Å²) in [6.45, 7) is 4.03. The van der Waals surface area contributed by atoms with Gasteiger partial charge in [-0.2, -0.15) is 5.10 Å². The van der Waals surface area contributed by atoms with E-state index in [9.17, 15) is 9.18 Å². The Balaban J connectivity index is 1.72. The topological polar surface area (TPSA) is 79.9 Å². The smallest absolute Gasteiger partial charge is 0.269 e. The monoisotopic (exact) mass is 344 g/mol. The fourth-order valence-corrected chi connectivity index (χ4v) is 2.96. The number of rotatable bonds is 4. The fourth-order valence-electron chi connectivity index (χ4n) is 2.96.